The number of hydrogen-bond donors (Lipinski definition) is 1. The molecule has 0 unspecified atom stereocenters. The molecule has 102 valence electrons. The largest absolute Gasteiger partial charge is 0.385 e. The Labute approximate surface area is 114 Å². The van der Waals surface area contributed by atoms with Gasteiger partial charge in [0.05, 0.1) is 5.56 Å². The van der Waals surface area contributed by atoms with E-state index < -0.39 is 0 Å². The van der Waals surface area contributed by atoms with Crippen molar-refractivity contribution in [2.75, 3.05) is 25.6 Å². The molecule has 1 heterocycles. The van der Waals surface area contributed by atoms with Crippen molar-refractivity contribution in [1.82, 2.24) is 4.98 Å². The van der Waals surface area contributed by atoms with Gasteiger partial charge >= 0.3 is 0 Å². The standard InChI is InChI=1S/C15H21N3O/c1-11-8-12(2)18-14(13(11)9-16)17-10-15(4-5-15)6-7-19-3/h8H,4-7,10H2,1-3H3,(H,17,18). The van der Waals surface area contributed by atoms with Crippen LogP contribution in [0.5, 0.6) is 0 Å². The predicted molar refractivity (Wildman–Crippen MR) is 75.1 cm³/mol. The van der Waals surface area contributed by atoms with Crippen molar-refractivity contribution in [3.05, 3.63) is 22.9 Å². The number of aromatic nitrogens is 1. The molecule has 0 radical (unpaired) electrons. The molecule has 0 bridgehead atoms. The smallest absolute Gasteiger partial charge is 0.144 e. The predicted octanol–water partition coefficient (Wildman–Crippen LogP) is 2.80. The summed E-state index contributed by atoms with van der Waals surface area (Å²) in [6.45, 7) is 5.58. The molecule has 0 amide bonds. The van der Waals surface area contributed by atoms with Gasteiger partial charge in [-0.15, -0.1) is 0 Å². The molecule has 1 saturated carbocycles. The number of nitrogens with one attached hydrogen (secondary N) is 1. The number of ether oxygens (including phenoxy) is 1. The van der Waals surface area contributed by atoms with Crippen LogP contribution in [-0.4, -0.2) is 25.2 Å². The van der Waals surface area contributed by atoms with Gasteiger partial charge in [-0.2, -0.15) is 5.26 Å². The topological polar surface area (TPSA) is 57.9 Å². The summed E-state index contributed by atoms with van der Waals surface area (Å²) in [7, 11) is 1.74. The van der Waals surface area contributed by atoms with Gasteiger partial charge in [-0.1, -0.05) is 0 Å². The first-order chi connectivity index (χ1) is 9.10. The zero-order chi connectivity index (χ0) is 13.9. The van der Waals surface area contributed by atoms with Crippen LogP contribution in [0, 0.1) is 30.6 Å². The molecule has 0 aliphatic heterocycles. The van der Waals surface area contributed by atoms with E-state index in [1.165, 1.54) is 12.8 Å². The fourth-order valence-corrected chi connectivity index (χ4v) is 2.39. The van der Waals surface area contributed by atoms with Gasteiger partial charge in [-0.3, -0.25) is 0 Å². The molecule has 0 spiro atoms. The Morgan fingerprint density at radius 1 is 1.47 bits per heavy atom. The molecule has 4 heteroatoms. The zero-order valence-corrected chi connectivity index (χ0v) is 11.9. The van der Waals surface area contributed by atoms with E-state index >= 15 is 0 Å². The number of pyridine rings is 1. The summed E-state index contributed by atoms with van der Waals surface area (Å²) in [5, 5.41) is 12.6. The van der Waals surface area contributed by atoms with Gasteiger partial charge in [0.15, 0.2) is 0 Å². The van der Waals surface area contributed by atoms with Crippen LogP contribution in [-0.2, 0) is 4.74 Å². The van der Waals surface area contributed by atoms with Crippen LogP contribution in [0.1, 0.15) is 36.1 Å². The molecular formula is C15H21N3O. The summed E-state index contributed by atoms with van der Waals surface area (Å²) in [6, 6.07) is 4.19. The van der Waals surface area contributed by atoms with Crippen molar-refractivity contribution in [3.63, 3.8) is 0 Å². The lowest BCUT2D eigenvalue weighted by molar-refractivity contribution is 0.175. The molecule has 1 N–H and O–H groups in total. The maximum Gasteiger partial charge on any atom is 0.144 e. The Hall–Kier alpha value is -1.60. The lowest BCUT2D eigenvalue weighted by Crippen LogP contribution is -2.19. The number of aryl methyl sites for hydroxylation is 2. The third kappa shape index (κ3) is 3.24. The highest BCUT2D eigenvalue weighted by molar-refractivity contribution is 5.56. The van der Waals surface area contributed by atoms with E-state index in [-0.39, 0.29) is 0 Å². The quantitative estimate of drug-likeness (QED) is 0.853. The van der Waals surface area contributed by atoms with Gasteiger partial charge in [0.2, 0.25) is 0 Å². The van der Waals surface area contributed by atoms with Crippen molar-refractivity contribution < 1.29 is 4.74 Å². The lowest BCUT2D eigenvalue weighted by atomic mass is 10.0. The molecule has 1 aromatic rings. The van der Waals surface area contributed by atoms with Gasteiger partial charge < -0.3 is 10.1 Å². The second kappa shape index (κ2) is 5.58. The minimum atomic E-state index is 0.349. The molecule has 0 saturated heterocycles. The number of rotatable bonds is 6. The highest BCUT2D eigenvalue weighted by atomic mass is 16.5. The Balaban J connectivity index is 2.06. The molecule has 1 aliphatic carbocycles. The minimum Gasteiger partial charge on any atom is -0.385 e. The third-order valence-corrected chi connectivity index (χ3v) is 3.88. The summed E-state index contributed by atoms with van der Waals surface area (Å²) in [4.78, 5) is 4.45. The maximum absolute atomic E-state index is 9.23. The van der Waals surface area contributed by atoms with Crippen molar-refractivity contribution in [1.29, 1.82) is 5.26 Å². The number of methoxy groups -OCH3 is 1. The number of nitrogens with zero attached hydrogens (tertiary/aromatic N) is 2. The van der Waals surface area contributed by atoms with Crippen molar-refractivity contribution >= 4 is 5.82 Å². The second-order valence-electron chi connectivity index (χ2n) is 5.51. The first-order valence-electron chi connectivity index (χ1n) is 6.71. The molecule has 19 heavy (non-hydrogen) atoms. The van der Waals surface area contributed by atoms with E-state index in [2.05, 4.69) is 16.4 Å². The van der Waals surface area contributed by atoms with Crippen LogP contribution >= 0.6 is 0 Å². The average molecular weight is 259 g/mol. The normalized spacial score (nSPS) is 15.9. The van der Waals surface area contributed by atoms with E-state index in [1.54, 1.807) is 7.11 Å². The van der Waals surface area contributed by atoms with E-state index in [1.807, 2.05) is 19.9 Å². The van der Waals surface area contributed by atoms with Crippen LogP contribution in [0.2, 0.25) is 0 Å². The molecule has 1 aliphatic rings. The maximum atomic E-state index is 9.23. The summed E-state index contributed by atoms with van der Waals surface area (Å²) in [5.41, 5.74) is 2.94. The van der Waals surface area contributed by atoms with Gasteiger partial charge in [-0.25, -0.2) is 4.98 Å². The van der Waals surface area contributed by atoms with Crippen LogP contribution in [0.3, 0.4) is 0 Å². The summed E-state index contributed by atoms with van der Waals surface area (Å²) < 4.78 is 5.16. The third-order valence-electron chi connectivity index (χ3n) is 3.88. The Kier molecular flexibility index (Phi) is 4.06. The molecule has 1 aromatic heterocycles. The van der Waals surface area contributed by atoms with Gasteiger partial charge in [0.25, 0.3) is 0 Å². The minimum absolute atomic E-state index is 0.349. The zero-order valence-electron chi connectivity index (χ0n) is 11.9. The van der Waals surface area contributed by atoms with Gasteiger partial charge in [-0.05, 0) is 50.2 Å². The molecule has 2 rings (SSSR count). The van der Waals surface area contributed by atoms with E-state index in [0.29, 0.717) is 11.0 Å². The Bertz CT molecular complexity index is 501. The van der Waals surface area contributed by atoms with Crippen molar-refractivity contribution in [2.24, 2.45) is 5.41 Å². The number of anilines is 1. The highest BCUT2D eigenvalue weighted by Crippen LogP contribution is 2.48. The van der Waals surface area contributed by atoms with E-state index in [4.69, 9.17) is 4.74 Å². The molecular weight excluding hydrogens is 238 g/mol. The summed E-state index contributed by atoms with van der Waals surface area (Å²) in [6.07, 6.45) is 3.54. The van der Waals surface area contributed by atoms with Crippen molar-refractivity contribution in [3.8, 4) is 6.07 Å². The molecule has 1 fully saturated rings. The summed E-state index contributed by atoms with van der Waals surface area (Å²) >= 11 is 0. The monoisotopic (exact) mass is 259 g/mol. The first kappa shape index (κ1) is 13.8. The van der Waals surface area contributed by atoms with E-state index in [0.717, 1.165) is 36.6 Å². The van der Waals surface area contributed by atoms with Crippen molar-refractivity contribution in [2.45, 2.75) is 33.1 Å². The van der Waals surface area contributed by atoms with Crippen LogP contribution in [0.4, 0.5) is 5.82 Å². The number of nitriles is 1. The molecule has 0 atom stereocenters. The highest BCUT2D eigenvalue weighted by Gasteiger charge is 2.41. The Morgan fingerprint density at radius 2 is 2.21 bits per heavy atom. The second-order valence-corrected chi connectivity index (χ2v) is 5.51. The van der Waals surface area contributed by atoms with Gasteiger partial charge in [0.1, 0.15) is 11.9 Å². The SMILES string of the molecule is COCCC1(CNc2nc(C)cc(C)c2C#N)CC1. The van der Waals surface area contributed by atoms with Crippen LogP contribution in [0.15, 0.2) is 6.07 Å². The van der Waals surface area contributed by atoms with E-state index in [9.17, 15) is 5.26 Å². The summed E-state index contributed by atoms with van der Waals surface area (Å²) in [5.74, 6) is 0.726. The lowest BCUT2D eigenvalue weighted by Gasteiger charge is -2.17. The average Bonchev–Trinajstić information content (AvgIpc) is 3.14. The van der Waals surface area contributed by atoms with Crippen LogP contribution < -0.4 is 5.32 Å². The number of hydrogen-bond acceptors (Lipinski definition) is 4. The molecule has 4 nitrogen and oxygen atoms in total. The first-order valence-corrected chi connectivity index (χ1v) is 6.71. The van der Waals surface area contributed by atoms with Crippen LogP contribution in [0.25, 0.3) is 0 Å². The van der Waals surface area contributed by atoms with Gasteiger partial charge in [0, 0.05) is 26.0 Å². The fourth-order valence-electron chi connectivity index (χ4n) is 2.39. The molecule has 0 aromatic carbocycles. The Morgan fingerprint density at radius 3 is 2.79 bits per heavy atom. The fraction of sp³-hybridized carbons (Fsp3) is 0.600.